The molecule has 6 nitrogen and oxygen atoms in total. The molecule has 0 radical (unpaired) electrons. The molecule has 0 unspecified atom stereocenters. The van der Waals surface area contributed by atoms with E-state index in [4.69, 9.17) is 5.11 Å². The second-order valence-corrected chi connectivity index (χ2v) is 7.28. The number of aromatic carboxylic acids is 1. The Hall–Kier alpha value is -1.37. The lowest BCUT2D eigenvalue weighted by Gasteiger charge is -2.12. The molecule has 0 atom stereocenters. The van der Waals surface area contributed by atoms with Gasteiger partial charge in [0.2, 0.25) is 0 Å². The first-order valence-corrected chi connectivity index (χ1v) is 7.40. The standard InChI is InChI=1S/C11H18N2O4S/c1-7(2)13-9(5-10(12-13)11(14)15)6-18(16,17)8(3)4/h5,7-8H,6H2,1-4H3,(H,14,15). The fraction of sp³-hybridized carbons (Fsp3) is 0.636. The molecule has 1 aromatic rings. The Morgan fingerprint density at radius 1 is 1.39 bits per heavy atom. The highest BCUT2D eigenvalue weighted by Crippen LogP contribution is 2.16. The van der Waals surface area contributed by atoms with E-state index in [2.05, 4.69) is 5.10 Å². The minimum atomic E-state index is -3.27. The van der Waals surface area contributed by atoms with E-state index in [1.54, 1.807) is 13.8 Å². The molecular weight excluding hydrogens is 256 g/mol. The summed E-state index contributed by atoms with van der Waals surface area (Å²) in [6.07, 6.45) is 0. The molecule has 1 heterocycles. The van der Waals surface area contributed by atoms with Gasteiger partial charge in [0.1, 0.15) is 0 Å². The zero-order chi connectivity index (χ0) is 14.1. The number of carbonyl (C=O) groups is 1. The molecule has 1 N–H and O–H groups in total. The molecule has 0 amide bonds. The Kier molecular flexibility index (Phi) is 4.16. The van der Waals surface area contributed by atoms with Crippen LogP contribution >= 0.6 is 0 Å². The number of hydrogen-bond acceptors (Lipinski definition) is 4. The van der Waals surface area contributed by atoms with E-state index in [0.29, 0.717) is 5.69 Å². The number of hydrogen-bond donors (Lipinski definition) is 1. The van der Waals surface area contributed by atoms with Gasteiger partial charge in [-0.3, -0.25) is 4.68 Å². The van der Waals surface area contributed by atoms with Crippen LogP contribution < -0.4 is 0 Å². The Balaban J connectivity index is 3.20. The van der Waals surface area contributed by atoms with Crippen LogP contribution in [0.3, 0.4) is 0 Å². The first-order chi connectivity index (χ1) is 8.15. The maximum atomic E-state index is 11.9. The van der Waals surface area contributed by atoms with Crippen molar-refractivity contribution >= 4 is 15.8 Å². The molecule has 0 saturated heterocycles. The molecule has 102 valence electrons. The summed E-state index contributed by atoms with van der Waals surface area (Å²) in [6.45, 7) is 6.85. The maximum Gasteiger partial charge on any atom is 0.356 e. The highest BCUT2D eigenvalue weighted by atomic mass is 32.2. The third-order valence-corrected chi connectivity index (χ3v) is 4.72. The average molecular weight is 274 g/mol. The lowest BCUT2D eigenvalue weighted by atomic mass is 10.3. The van der Waals surface area contributed by atoms with Crippen LogP contribution in [-0.4, -0.2) is 34.5 Å². The van der Waals surface area contributed by atoms with Crippen LogP contribution in [0.5, 0.6) is 0 Å². The van der Waals surface area contributed by atoms with E-state index in [9.17, 15) is 13.2 Å². The summed E-state index contributed by atoms with van der Waals surface area (Å²) in [7, 11) is -3.27. The number of carboxylic acid groups (broad SMARTS) is 1. The van der Waals surface area contributed by atoms with Crippen LogP contribution in [0.1, 0.15) is 49.9 Å². The quantitative estimate of drug-likeness (QED) is 0.878. The number of nitrogens with zero attached hydrogens (tertiary/aromatic N) is 2. The minimum Gasteiger partial charge on any atom is -0.476 e. The van der Waals surface area contributed by atoms with Crippen molar-refractivity contribution in [1.29, 1.82) is 0 Å². The number of aromatic nitrogens is 2. The first kappa shape index (κ1) is 14.7. The van der Waals surface area contributed by atoms with Gasteiger partial charge in [-0.2, -0.15) is 5.10 Å². The fourth-order valence-corrected chi connectivity index (χ4v) is 2.43. The number of rotatable bonds is 5. The van der Waals surface area contributed by atoms with Gasteiger partial charge in [-0.1, -0.05) is 0 Å². The molecular formula is C11H18N2O4S. The van der Waals surface area contributed by atoms with Gasteiger partial charge >= 0.3 is 5.97 Å². The smallest absolute Gasteiger partial charge is 0.356 e. The Bertz CT molecular complexity index is 543. The molecule has 0 aliphatic carbocycles. The van der Waals surface area contributed by atoms with Crippen molar-refractivity contribution < 1.29 is 18.3 Å². The van der Waals surface area contributed by atoms with Gasteiger partial charge in [0, 0.05) is 6.04 Å². The molecule has 0 aliphatic heterocycles. The molecule has 0 aromatic carbocycles. The fourth-order valence-electron chi connectivity index (χ4n) is 1.47. The van der Waals surface area contributed by atoms with Gasteiger partial charge in [-0.05, 0) is 33.8 Å². The Morgan fingerprint density at radius 3 is 2.33 bits per heavy atom. The van der Waals surface area contributed by atoms with E-state index in [0.717, 1.165) is 0 Å². The molecule has 7 heteroatoms. The summed E-state index contributed by atoms with van der Waals surface area (Å²) in [5.74, 6) is -1.35. The van der Waals surface area contributed by atoms with E-state index in [-0.39, 0.29) is 17.5 Å². The minimum absolute atomic E-state index is 0.0875. The molecule has 18 heavy (non-hydrogen) atoms. The molecule has 0 bridgehead atoms. The van der Waals surface area contributed by atoms with Gasteiger partial charge in [0.05, 0.1) is 16.7 Å². The third-order valence-electron chi connectivity index (χ3n) is 2.59. The number of sulfone groups is 1. The van der Waals surface area contributed by atoms with Crippen LogP contribution in [0.2, 0.25) is 0 Å². The second kappa shape index (κ2) is 5.09. The zero-order valence-corrected chi connectivity index (χ0v) is 11.7. The monoisotopic (exact) mass is 274 g/mol. The average Bonchev–Trinajstić information content (AvgIpc) is 2.60. The predicted molar refractivity (Wildman–Crippen MR) is 67.3 cm³/mol. The van der Waals surface area contributed by atoms with Crippen molar-refractivity contribution in [3.05, 3.63) is 17.5 Å². The van der Waals surface area contributed by atoms with Crippen LogP contribution in [-0.2, 0) is 15.6 Å². The molecule has 1 aromatic heterocycles. The van der Waals surface area contributed by atoms with E-state index in [1.165, 1.54) is 10.7 Å². The van der Waals surface area contributed by atoms with Gasteiger partial charge in [-0.15, -0.1) is 0 Å². The Morgan fingerprint density at radius 2 is 1.94 bits per heavy atom. The van der Waals surface area contributed by atoms with Crippen molar-refractivity contribution in [2.24, 2.45) is 0 Å². The summed E-state index contributed by atoms with van der Waals surface area (Å²) in [5.41, 5.74) is 0.286. The van der Waals surface area contributed by atoms with E-state index < -0.39 is 21.1 Å². The Labute approximate surface area is 107 Å². The van der Waals surface area contributed by atoms with E-state index >= 15 is 0 Å². The SMILES string of the molecule is CC(C)n1nc(C(=O)O)cc1CS(=O)(=O)C(C)C. The van der Waals surface area contributed by atoms with Crippen molar-refractivity contribution in [3.63, 3.8) is 0 Å². The first-order valence-electron chi connectivity index (χ1n) is 5.68. The molecule has 1 rings (SSSR count). The maximum absolute atomic E-state index is 11.9. The lowest BCUT2D eigenvalue weighted by Crippen LogP contribution is -2.19. The molecule has 0 fully saturated rings. The molecule has 0 saturated carbocycles. The van der Waals surface area contributed by atoms with Crippen LogP contribution in [0, 0.1) is 0 Å². The third kappa shape index (κ3) is 3.10. The second-order valence-electron chi connectivity index (χ2n) is 4.72. The van der Waals surface area contributed by atoms with Crippen molar-refractivity contribution in [1.82, 2.24) is 9.78 Å². The van der Waals surface area contributed by atoms with Gasteiger partial charge < -0.3 is 5.11 Å². The zero-order valence-electron chi connectivity index (χ0n) is 10.9. The van der Waals surface area contributed by atoms with E-state index in [1.807, 2.05) is 13.8 Å². The van der Waals surface area contributed by atoms with Gasteiger partial charge in [-0.25, -0.2) is 13.2 Å². The summed E-state index contributed by atoms with van der Waals surface area (Å²) >= 11 is 0. The van der Waals surface area contributed by atoms with Crippen LogP contribution in [0.25, 0.3) is 0 Å². The van der Waals surface area contributed by atoms with Crippen molar-refractivity contribution in [2.75, 3.05) is 0 Å². The van der Waals surface area contributed by atoms with Crippen LogP contribution in [0.15, 0.2) is 6.07 Å². The van der Waals surface area contributed by atoms with Crippen LogP contribution in [0.4, 0.5) is 0 Å². The van der Waals surface area contributed by atoms with Gasteiger partial charge in [0.15, 0.2) is 15.5 Å². The van der Waals surface area contributed by atoms with Crippen molar-refractivity contribution in [3.8, 4) is 0 Å². The van der Waals surface area contributed by atoms with Crippen molar-refractivity contribution in [2.45, 2.75) is 44.7 Å². The normalized spacial score (nSPS) is 12.3. The number of carboxylic acids is 1. The predicted octanol–water partition coefficient (Wildman–Crippen LogP) is 1.49. The highest BCUT2D eigenvalue weighted by Gasteiger charge is 2.22. The lowest BCUT2D eigenvalue weighted by molar-refractivity contribution is 0.0689. The largest absolute Gasteiger partial charge is 0.476 e. The highest BCUT2D eigenvalue weighted by molar-refractivity contribution is 7.91. The molecule has 0 spiro atoms. The topological polar surface area (TPSA) is 89.3 Å². The summed E-state index contributed by atoms with van der Waals surface area (Å²) in [6, 6.07) is 1.23. The van der Waals surface area contributed by atoms with Gasteiger partial charge in [0.25, 0.3) is 0 Å². The molecule has 0 aliphatic rings. The summed E-state index contributed by atoms with van der Waals surface area (Å²) < 4.78 is 25.2. The summed E-state index contributed by atoms with van der Waals surface area (Å²) in [4.78, 5) is 10.9. The summed E-state index contributed by atoms with van der Waals surface area (Å²) in [5, 5.41) is 12.3.